The first-order chi connectivity index (χ1) is 11.8. The van der Waals surface area contributed by atoms with Crippen LogP contribution >= 0.6 is 0 Å². The van der Waals surface area contributed by atoms with Crippen LogP contribution in [-0.4, -0.2) is 52.9 Å². The van der Waals surface area contributed by atoms with Crippen LogP contribution in [0.1, 0.15) is 39.7 Å². The molecule has 0 bridgehead atoms. The summed E-state index contributed by atoms with van der Waals surface area (Å²) in [5.41, 5.74) is 0.964. The predicted molar refractivity (Wildman–Crippen MR) is 96.4 cm³/mol. The van der Waals surface area contributed by atoms with E-state index in [0.29, 0.717) is 26.1 Å². The third kappa shape index (κ3) is 3.65. The Morgan fingerprint density at radius 1 is 1.20 bits per heavy atom. The Bertz CT molecular complexity index is 659. The highest BCUT2D eigenvalue weighted by Crippen LogP contribution is 2.29. The maximum atomic E-state index is 12.7. The van der Waals surface area contributed by atoms with Gasteiger partial charge in [0, 0.05) is 18.5 Å². The van der Waals surface area contributed by atoms with Crippen LogP contribution in [0.2, 0.25) is 0 Å². The monoisotopic (exact) mass is 344 g/mol. The first-order valence-corrected chi connectivity index (χ1v) is 9.13. The summed E-state index contributed by atoms with van der Waals surface area (Å²) < 4.78 is 6.04. The lowest BCUT2D eigenvalue weighted by molar-refractivity contribution is -0.144. The number of rotatable bonds is 4. The molecule has 1 aromatic rings. The van der Waals surface area contributed by atoms with Gasteiger partial charge in [-0.2, -0.15) is 0 Å². The van der Waals surface area contributed by atoms with E-state index in [4.69, 9.17) is 4.74 Å². The van der Waals surface area contributed by atoms with Gasteiger partial charge in [-0.1, -0.05) is 25.1 Å². The van der Waals surface area contributed by atoms with Gasteiger partial charge in [0.1, 0.15) is 11.9 Å². The van der Waals surface area contributed by atoms with Crippen LogP contribution < -0.4 is 4.74 Å². The lowest BCUT2D eigenvalue weighted by atomic mass is 10.0. The number of hydrogen-bond donors (Lipinski definition) is 0. The van der Waals surface area contributed by atoms with Crippen LogP contribution in [0.4, 0.5) is 0 Å². The van der Waals surface area contributed by atoms with Crippen molar-refractivity contribution in [3.8, 4) is 5.75 Å². The number of carbonyl (C=O) groups is 2. The van der Waals surface area contributed by atoms with E-state index in [1.54, 1.807) is 0 Å². The Hall–Kier alpha value is -2.04. The highest BCUT2D eigenvalue weighted by atomic mass is 16.5. The van der Waals surface area contributed by atoms with Crippen molar-refractivity contribution in [1.82, 2.24) is 9.80 Å². The summed E-state index contributed by atoms with van der Waals surface area (Å²) in [6, 6.07) is 8.05. The topological polar surface area (TPSA) is 49.9 Å². The second-order valence-electron chi connectivity index (χ2n) is 8.02. The SMILES string of the molecule is CCc1ccccc1OC1CN(C(=O)[C@@H]2CC(=O)N(C(C)(C)C)C2)C1. The van der Waals surface area contributed by atoms with Crippen LogP contribution in [0, 0.1) is 5.92 Å². The number of likely N-dealkylation sites (tertiary alicyclic amines) is 2. The predicted octanol–water partition coefficient (Wildman–Crippen LogP) is 2.49. The zero-order valence-electron chi connectivity index (χ0n) is 15.6. The van der Waals surface area contributed by atoms with Gasteiger partial charge in [-0.3, -0.25) is 9.59 Å². The molecule has 0 saturated carbocycles. The minimum Gasteiger partial charge on any atom is -0.486 e. The molecule has 3 rings (SSSR count). The molecule has 0 unspecified atom stereocenters. The quantitative estimate of drug-likeness (QED) is 0.843. The molecule has 2 aliphatic rings. The molecule has 5 heteroatoms. The van der Waals surface area contributed by atoms with Gasteiger partial charge in [-0.25, -0.2) is 0 Å². The van der Waals surface area contributed by atoms with Crippen molar-refractivity contribution in [3.63, 3.8) is 0 Å². The van der Waals surface area contributed by atoms with Gasteiger partial charge in [0.25, 0.3) is 0 Å². The molecule has 136 valence electrons. The Kier molecular flexibility index (Phi) is 4.76. The molecule has 1 atom stereocenters. The molecule has 0 spiro atoms. The van der Waals surface area contributed by atoms with Crippen molar-refractivity contribution < 1.29 is 14.3 Å². The number of para-hydroxylation sites is 1. The Labute approximate surface area is 149 Å². The van der Waals surface area contributed by atoms with Crippen molar-refractivity contribution in [2.75, 3.05) is 19.6 Å². The summed E-state index contributed by atoms with van der Waals surface area (Å²) in [5, 5.41) is 0. The smallest absolute Gasteiger partial charge is 0.228 e. The number of benzene rings is 1. The molecular weight excluding hydrogens is 316 g/mol. The average Bonchev–Trinajstić information content (AvgIpc) is 2.92. The first kappa shape index (κ1) is 17.8. The lowest BCUT2D eigenvalue weighted by Gasteiger charge is -2.40. The fraction of sp³-hybridized carbons (Fsp3) is 0.600. The third-order valence-electron chi connectivity index (χ3n) is 5.09. The van der Waals surface area contributed by atoms with Crippen LogP contribution in [0.3, 0.4) is 0 Å². The van der Waals surface area contributed by atoms with E-state index in [1.165, 1.54) is 5.56 Å². The van der Waals surface area contributed by atoms with Crippen molar-refractivity contribution in [2.24, 2.45) is 5.92 Å². The normalized spacial score (nSPS) is 21.4. The summed E-state index contributed by atoms with van der Waals surface area (Å²) >= 11 is 0. The van der Waals surface area contributed by atoms with Crippen molar-refractivity contribution in [3.05, 3.63) is 29.8 Å². The second-order valence-corrected chi connectivity index (χ2v) is 8.02. The lowest BCUT2D eigenvalue weighted by Crippen LogP contribution is -2.58. The Morgan fingerprint density at radius 2 is 1.88 bits per heavy atom. The van der Waals surface area contributed by atoms with Gasteiger partial charge >= 0.3 is 0 Å². The summed E-state index contributed by atoms with van der Waals surface area (Å²) in [6.07, 6.45) is 1.31. The maximum Gasteiger partial charge on any atom is 0.228 e. The number of nitrogens with zero attached hydrogens (tertiary/aromatic N) is 2. The standard InChI is InChI=1S/C20H28N2O3/c1-5-14-8-6-7-9-17(14)25-16-12-21(13-16)19(24)15-10-18(23)22(11-15)20(2,3)4/h6-9,15-16H,5,10-13H2,1-4H3/t15-/m1/s1. The number of carbonyl (C=O) groups excluding carboxylic acids is 2. The van der Waals surface area contributed by atoms with Gasteiger partial charge in [-0.15, -0.1) is 0 Å². The van der Waals surface area contributed by atoms with Crippen LogP contribution in [0.15, 0.2) is 24.3 Å². The minimum absolute atomic E-state index is 0.0486. The molecule has 0 radical (unpaired) electrons. The molecule has 2 fully saturated rings. The molecule has 2 heterocycles. The summed E-state index contributed by atoms with van der Waals surface area (Å²) in [7, 11) is 0. The zero-order valence-corrected chi connectivity index (χ0v) is 15.6. The highest BCUT2D eigenvalue weighted by molar-refractivity contribution is 5.90. The minimum atomic E-state index is -0.226. The number of hydrogen-bond acceptors (Lipinski definition) is 3. The van der Waals surface area contributed by atoms with Crippen molar-refractivity contribution in [2.45, 2.75) is 52.2 Å². The van der Waals surface area contributed by atoms with E-state index in [0.717, 1.165) is 12.2 Å². The number of ether oxygens (including phenoxy) is 1. The maximum absolute atomic E-state index is 12.7. The molecule has 2 saturated heterocycles. The Balaban J connectivity index is 1.53. The van der Waals surface area contributed by atoms with Gasteiger partial charge in [0.15, 0.2) is 0 Å². The van der Waals surface area contributed by atoms with E-state index in [9.17, 15) is 9.59 Å². The molecule has 0 N–H and O–H groups in total. The van der Waals surface area contributed by atoms with Gasteiger partial charge in [0.05, 0.1) is 19.0 Å². The largest absolute Gasteiger partial charge is 0.486 e. The fourth-order valence-electron chi connectivity index (χ4n) is 3.56. The first-order valence-electron chi connectivity index (χ1n) is 9.13. The summed E-state index contributed by atoms with van der Waals surface area (Å²) in [4.78, 5) is 28.5. The van der Waals surface area contributed by atoms with Crippen LogP contribution in [0.5, 0.6) is 5.75 Å². The Morgan fingerprint density at radius 3 is 2.48 bits per heavy atom. The molecule has 1 aromatic carbocycles. The molecule has 2 amide bonds. The van der Waals surface area contributed by atoms with Gasteiger partial charge in [-0.05, 0) is 38.8 Å². The molecule has 2 aliphatic heterocycles. The van der Waals surface area contributed by atoms with Crippen molar-refractivity contribution in [1.29, 1.82) is 0 Å². The van der Waals surface area contributed by atoms with E-state index in [-0.39, 0.29) is 29.4 Å². The van der Waals surface area contributed by atoms with Gasteiger partial charge < -0.3 is 14.5 Å². The van der Waals surface area contributed by atoms with Crippen LogP contribution in [-0.2, 0) is 16.0 Å². The molecule has 0 aliphatic carbocycles. The van der Waals surface area contributed by atoms with Gasteiger partial charge in [0.2, 0.25) is 11.8 Å². The van der Waals surface area contributed by atoms with E-state index in [1.807, 2.05) is 48.8 Å². The second kappa shape index (κ2) is 6.70. The van der Waals surface area contributed by atoms with E-state index >= 15 is 0 Å². The molecule has 25 heavy (non-hydrogen) atoms. The number of amides is 2. The summed E-state index contributed by atoms with van der Waals surface area (Å²) in [6.45, 7) is 9.89. The zero-order chi connectivity index (χ0) is 18.2. The van der Waals surface area contributed by atoms with Crippen LogP contribution in [0.25, 0.3) is 0 Å². The summed E-state index contributed by atoms with van der Waals surface area (Å²) in [5.74, 6) is 0.868. The van der Waals surface area contributed by atoms with E-state index < -0.39 is 0 Å². The van der Waals surface area contributed by atoms with Crippen molar-refractivity contribution >= 4 is 11.8 Å². The highest BCUT2D eigenvalue weighted by Gasteiger charge is 2.43. The van der Waals surface area contributed by atoms with E-state index in [2.05, 4.69) is 13.0 Å². The average molecular weight is 344 g/mol. The molecule has 5 nitrogen and oxygen atoms in total. The molecular formula is C20H28N2O3. The fourth-order valence-corrected chi connectivity index (χ4v) is 3.56. The third-order valence-corrected chi connectivity index (χ3v) is 5.09. The number of aryl methyl sites for hydroxylation is 1. The molecule has 0 aromatic heterocycles.